The third-order valence-electron chi connectivity index (χ3n) is 3.62. The number of aromatic nitrogens is 1. The molecule has 0 aliphatic carbocycles. The summed E-state index contributed by atoms with van der Waals surface area (Å²) in [5.74, 6) is 2.43. The van der Waals surface area contributed by atoms with E-state index in [1.54, 1.807) is 0 Å². The van der Waals surface area contributed by atoms with Crippen LogP contribution in [0.2, 0.25) is 0 Å². The molecule has 1 heterocycles. The van der Waals surface area contributed by atoms with Gasteiger partial charge in [0.1, 0.15) is 5.82 Å². The Hall–Kier alpha value is -1.09. The average Bonchev–Trinajstić information content (AvgIpc) is 2.39. The van der Waals surface area contributed by atoms with Crippen LogP contribution in [0.3, 0.4) is 0 Å². The summed E-state index contributed by atoms with van der Waals surface area (Å²) in [7, 11) is 0. The Kier molecular flexibility index (Phi) is 7.60. The summed E-state index contributed by atoms with van der Waals surface area (Å²) in [5.41, 5.74) is 2.39. The van der Waals surface area contributed by atoms with E-state index >= 15 is 0 Å². The standard InChI is InChI=1S/C17H31N3/c1-6-15(7-2)12-19-17-9-16(8-14(5)20-17)11-18-10-13(3)4/h8-9,13,15,18H,6-7,10-12H2,1-5H3,(H,19,20). The van der Waals surface area contributed by atoms with Crippen molar-refractivity contribution in [3.8, 4) is 0 Å². The topological polar surface area (TPSA) is 37.0 Å². The van der Waals surface area contributed by atoms with Gasteiger partial charge >= 0.3 is 0 Å². The minimum absolute atomic E-state index is 0.686. The minimum Gasteiger partial charge on any atom is -0.370 e. The fourth-order valence-corrected chi connectivity index (χ4v) is 2.26. The van der Waals surface area contributed by atoms with Crippen molar-refractivity contribution in [3.05, 3.63) is 23.4 Å². The van der Waals surface area contributed by atoms with Crippen LogP contribution in [-0.2, 0) is 6.54 Å². The first-order valence-corrected chi connectivity index (χ1v) is 7.97. The summed E-state index contributed by atoms with van der Waals surface area (Å²) in [6.07, 6.45) is 2.44. The van der Waals surface area contributed by atoms with Crippen molar-refractivity contribution in [2.45, 2.75) is 54.0 Å². The SMILES string of the molecule is CCC(CC)CNc1cc(CNCC(C)C)cc(C)n1. The van der Waals surface area contributed by atoms with E-state index in [0.717, 1.165) is 37.1 Å². The number of pyridine rings is 1. The van der Waals surface area contributed by atoms with E-state index < -0.39 is 0 Å². The van der Waals surface area contributed by atoms with Crippen LogP contribution in [0.5, 0.6) is 0 Å². The molecule has 0 saturated heterocycles. The Balaban J connectivity index is 2.56. The van der Waals surface area contributed by atoms with E-state index in [0.29, 0.717) is 5.92 Å². The first kappa shape index (κ1) is 17.0. The van der Waals surface area contributed by atoms with Crippen molar-refractivity contribution in [2.24, 2.45) is 11.8 Å². The maximum absolute atomic E-state index is 4.58. The molecule has 114 valence electrons. The highest BCUT2D eigenvalue weighted by Crippen LogP contribution is 2.13. The van der Waals surface area contributed by atoms with Crippen LogP contribution < -0.4 is 10.6 Å². The van der Waals surface area contributed by atoms with Crippen LogP contribution in [0.4, 0.5) is 5.82 Å². The van der Waals surface area contributed by atoms with Gasteiger partial charge in [0.15, 0.2) is 0 Å². The Morgan fingerprint density at radius 1 is 1.10 bits per heavy atom. The molecule has 1 aromatic heterocycles. The molecule has 0 fully saturated rings. The number of anilines is 1. The largest absolute Gasteiger partial charge is 0.370 e. The summed E-state index contributed by atoms with van der Waals surface area (Å²) < 4.78 is 0. The lowest BCUT2D eigenvalue weighted by Crippen LogP contribution is -2.19. The molecule has 20 heavy (non-hydrogen) atoms. The van der Waals surface area contributed by atoms with Gasteiger partial charge in [0.05, 0.1) is 0 Å². The highest BCUT2D eigenvalue weighted by Gasteiger charge is 2.05. The number of rotatable bonds is 9. The molecular formula is C17H31N3. The number of hydrogen-bond acceptors (Lipinski definition) is 3. The first-order chi connectivity index (χ1) is 9.55. The number of nitrogens with zero attached hydrogens (tertiary/aromatic N) is 1. The van der Waals surface area contributed by atoms with Gasteiger partial charge in [-0.1, -0.05) is 40.5 Å². The van der Waals surface area contributed by atoms with Gasteiger partial charge in [-0.25, -0.2) is 4.98 Å². The van der Waals surface area contributed by atoms with Crippen molar-refractivity contribution in [1.29, 1.82) is 0 Å². The van der Waals surface area contributed by atoms with Crippen molar-refractivity contribution in [1.82, 2.24) is 10.3 Å². The van der Waals surface area contributed by atoms with Gasteiger partial charge in [-0.05, 0) is 43.0 Å². The molecule has 0 saturated carbocycles. The Labute approximate surface area is 124 Å². The van der Waals surface area contributed by atoms with Crippen molar-refractivity contribution >= 4 is 5.82 Å². The molecule has 0 radical (unpaired) electrons. The summed E-state index contributed by atoms with van der Waals surface area (Å²) in [5, 5.41) is 6.98. The summed E-state index contributed by atoms with van der Waals surface area (Å²) in [6.45, 7) is 14.0. The molecule has 2 N–H and O–H groups in total. The van der Waals surface area contributed by atoms with Gasteiger partial charge in [0.2, 0.25) is 0 Å². The third-order valence-corrected chi connectivity index (χ3v) is 3.62. The number of aryl methyl sites for hydroxylation is 1. The lowest BCUT2D eigenvalue weighted by Gasteiger charge is -2.15. The van der Waals surface area contributed by atoms with Crippen molar-refractivity contribution in [2.75, 3.05) is 18.4 Å². The van der Waals surface area contributed by atoms with E-state index in [1.807, 2.05) is 0 Å². The Morgan fingerprint density at radius 3 is 2.40 bits per heavy atom. The molecule has 1 rings (SSSR count). The van der Waals surface area contributed by atoms with Crippen LogP contribution in [0.25, 0.3) is 0 Å². The number of nitrogens with one attached hydrogen (secondary N) is 2. The molecule has 0 atom stereocenters. The monoisotopic (exact) mass is 277 g/mol. The lowest BCUT2D eigenvalue weighted by atomic mass is 10.0. The van der Waals surface area contributed by atoms with E-state index in [-0.39, 0.29) is 0 Å². The van der Waals surface area contributed by atoms with Crippen molar-refractivity contribution in [3.63, 3.8) is 0 Å². The zero-order valence-electron chi connectivity index (χ0n) is 13.8. The first-order valence-electron chi connectivity index (χ1n) is 7.97. The molecule has 1 aromatic rings. The van der Waals surface area contributed by atoms with Gasteiger partial charge < -0.3 is 10.6 Å². The molecule has 0 bridgehead atoms. The van der Waals surface area contributed by atoms with Crippen LogP contribution in [-0.4, -0.2) is 18.1 Å². The van der Waals surface area contributed by atoms with Gasteiger partial charge in [-0.3, -0.25) is 0 Å². The molecule has 0 aromatic carbocycles. The second-order valence-corrected chi connectivity index (χ2v) is 6.09. The molecule has 0 aliphatic rings. The van der Waals surface area contributed by atoms with Crippen LogP contribution in [0.15, 0.2) is 12.1 Å². The van der Waals surface area contributed by atoms with Gasteiger partial charge in [-0.2, -0.15) is 0 Å². The molecule has 0 amide bonds. The summed E-state index contributed by atoms with van der Waals surface area (Å²) in [4.78, 5) is 4.58. The Bertz CT molecular complexity index is 384. The van der Waals surface area contributed by atoms with Crippen molar-refractivity contribution < 1.29 is 0 Å². The van der Waals surface area contributed by atoms with Gasteiger partial charge in [0, 0.05) is 18.8 Å². The maximum atomic E-state index is 4.58. The molecular weight excluding hydrogens is 246 g/mol. The van der Waals surface area contributed by atoms with Gasteiger partial charge in [-0.15, -0.1) is 0 Å². The second-order valence-electron chi connectivity index (χ2n) is 6.09. The summed E-state index contributed by atoms with van der Waals surface area (Å²) in [6, 6.07) is 4.33. The smallest absolute Gasteiger partial charge is 0.126 e. The molecule has 3 heteroatoms. The predicted octanol–water partition coefficient (Wildman–Crippen LogP) is 3.98. The minimum atomic E-state index is 0.686. The van der Waals surface area contributed by atoms with E-state index in [9.17, 15) is 0 Å². The third kappa shape index (κ3) is 6.38. The maximum Gasteiger partial charge on any atom is 0.126 e. The fraction of sp³-hybridized carbons (Fsp3) is 0.706. The zero-order chi connectivity index (χ0) is 15.0. The highest BCUT2D eigenvalue weighted by atomic mass is 15.0. The van der Waals surface area contributed by atoms with E-state index in [1.165, 1.54) is 18.4 Å². The molecule has 0 aliphatic heterocycles. The van der Waals surface area contributed by atoms with E-state index in [2.05, 4.69) is 62.4 Å². The Morgan fingerprint density at radius 2 is 1.80 bits per heavy atom. The van der Waals surface area contributed by atoms with Crippen LogP contribution in [0, 0.1) is 18.8 Å². The quantitative estimate of drug-likeness (QED) is 0.717. The molecule has 3 nitrogen and oxygen atoms in total. The molecule has 0 unspecified atom stereocenters. The predicted molar refractivity (Wildman–Crippen MR) is 88.1 cm³/mol. The fourth-order valence-electron chi connectivity index (χ4n) is 2.26. The number of hydrogen-bond donors (Lipinski definition) is 2. The normalized spacial score (nSPS) is 11.3. The van der Waals surface area contributed by atoms with Gasteiger partial charge in [0.25, 0.3) is 0 Å². The zero-order valence-corrected chi connectivity index (χ0v) is 13.8. The second kappa shape index (κ2) is 8.96. The van der Waals surface area contributed by atoms with E-state index in [4.69, 9.17) is 0 Å². The lowest BCUT2D eigenvalue weighted by molar-refractivity contribution is 0.518. The average molecular weight is 277 g/mol. The van der Waals surface area contributed by atoms with Crippen LogP contribution >= 0.6 is 0 Å². The highest BCUT2D eigenvalue weighted by molar-refractivity contribution is 5.39. The van der Waals surface area contributed by atoms with Crippen LogP contribution in [0.1, 0.15) is 51.8 Å². The molecule has 0 spiro atoms. The summed E-state index contributed by atoms with van der Waals surface area (Å²) >= 11 is 0.